The molecule has 0 aromatic heterocycles. The Kier molecular flexibility index (Phi) is 8.53. The van der Waals surface area contributed by atoms with Crippen LogP contribution in [0, 0.1) is 5.92 Å². The maximum Gasteiger partial charge on any atom is 0.417 e. The number of piperazine rings is 1. The number of ether oxygens (including phenoxy) is 1. The fourth-order valence-electron chi connectivity index (χ4n) is 4.77. The predicted molar refractivity (Wildman–Crippen MR) is 114 cm³/mol. The minimum absolute atomic E-state index is 0.00445. The molecule has 32 heavy (non-hydrogen) atoms. The van der Waals surface area contributed by atoms with Crippen LogP contribution in [0.2, 0.25) is 0 Å². The largest absolute Gasteiger partial charge is 0.417 e. The molecule has 2 fully saturated rings. The molecule has 1 unspecified atom stereocenters. The molecule has 3 rings (SSSR count). The first-order chi connectivity index (χ1) is 15.3. The fourth-order valence-corrected chi connectivity index (χ4v) is 4.77. The number of carbonyl (C=O) groups is 2. The van der Waals surface area contributed by atoms with Gasteiger partial charge in [-0.2, -0.15) is 13.2 Å². The van der Waals surface area contributed by atoms with E-state index in [1.54, 1.807) is 7.11 Å². The molecular weight excluding hydrogens is 423 g/mol. The number of methoxy groups -OCH3 is 1. The summed E-state index contributed by atoms with van der Waals surface area (Å²) in [5.41, 5.74) is -1.23. The van der Waals surface area contributed by atoms with E-state index in [0.717, 1.165) is 38.2 Å². The zero-order valence-corrected chi connectivity index (χ0v) is 18.5. The lowest BCUT2D eigenvalue weighted by Gasteiger charge is -2.41. The minimum Gasteiger partial charge on any atom is -0.385 e. The summed E-state index contributed by atoms with van der Waals surface area (Å²) >= 11 is 0. The second-order valence-corrected chi connectivity index (χ2v) is 8.50. The van der Waals surface area contributed by atoms with E-state index in [9.17, 15) is 22.8 Å². The Morgan fingerprint density at radius 3 is 2.41 bits per heavy atom. The van der Waals surface area contributed by atoms with E-state index in [-0.39, 0.29) is 23.4 Å². The van der Waals surface area contributed by atoms with Gasteiger partial charge in [0, 0.05) is 46.4 Å². The van der Waals surface area contributed by atoms with Crippen molar-refractivity contribution in [3.63, 3.8) is 0 Å². The number of hydrogen-bond acceptors (Lipinski definition) is 4. The van der Waals surface area contributed by atoms with E-state index in [1.807, 2.05) is 0 Å². The molecule has 178 valence electrons. The predicted octanol–water partition coefficient (Wildman–Crippen LogP) is 3.17. The lowest BCUT2D eigenvalue weighted by molar-refractivity contribution is -0.138. The van der Waals surface area contributed by atoms with Crippen LogP contribution >= 0.6 is 0 Å². The Morgan fingerprint density at radius 1 is 1.12 bits per heavy atom. The molecule has 1 aliphatic heterocycles. The number of hydrogen-bond donors (Lipinski definition) is 1. The van der Waals surface area contributed by atoms with Crippen LogP contribution in [0.25, 0.3) is 0 Å². The third-order valence-electron chi connectivity index (χ3n) is 6.40. The van der Waals surface area contributed by atoms with E-state index >= 15 is 0 Å². The molecule has 1 aromatic rings. The maximum absolute atomic E-state index is 13.3. The monoisotopic (exact) mass is 455 g/mol. The standard InChI is InChI=1S/C23H32F3N3O3/c1-32-16-6-11-27-21(30)20(17-7-2-3-8-17)28-12-14-29(15-13-28)22(31)18-9-4-5-10-19(18)23(24,25)26/h4-5,9-10,17,20H,2-3,6-8,11-16H2,1H3,(H,27,30). The first kappa shape index (κ1) is 24.5. The summed E-state index contributed by atoms with van der Waals surface area (Å²) in [6.45, 7) is 2.65. The molecular formula is C23H32F3N3O3. The third kappa shape index (κ3) is 6.01. The quantitative estimate of drug-likeness (QED) is 0.612. The topological polar surface area (TPSA) is 61.9 Å². The molecule has 0 spiro atoms. The summed E-state index contributed by atoms with van der Waals surface area (Å²) in [6.07, 6.45) is 0.348. The van der Waals surface area contributed by atoms with E-state index in [0.29, 0.717) is 39.3 Å². The van der Waals surface area contributed by atoms with Crippen LogP contribution in [-0.4, -0.2) is 74.1 Å². The molecule has 1 saturated carbocycles. The fraction of sp³-hybridized carbons (Fsp3) is 0.652. The van der Waals surface area contributed by atoms with Crippen molar-refractivity contribution in [1.29, 1.82) is 0 Å². The molecule has 0 bridgehead atoms. The second-order valence-electron chi connectivity index (χ2n) is 8.50. The van der Waals surface area contributed by atoms with Gasteiger partial charge < -0.3 is 15.0 Å². The molecule has 1 saturated heterocycles. The molecule has 2 amide bonds. The number of halogens is 3. The van der Waals surface area contributed by atoms with Crippen LogP contribution in [0.3, 0.4) is 0 Å². The zero-order chi connectivity index (χ0) is 23.1. The lowest BCUT2D eigenvalue weighted by atomic mass is 9.94. The number of amides is 2. The summed E-state index contributed by atoms with van der Waals surface area (Å²) in [5.74, 6) is -0.347. The van der Waals surface area contributed by atoms with E-state index in [4.69, 9.17) is 4.74 Å². The maximum atomic E-state index is 13.3. The van der Waals surface area contributed by atoms with Crippen LogP contribution in [0.5, 0.6) is 0 Å². The summed E-state index contributed by atoms with van der Waals surface area (Å²) in [5, 5.41) is 3.01. The van der Waals surface area contributed by atoms with E-state index in [2.05, 4.69) is 10.2 Å². The van der Waals surface area contributed by atoms with E-state index in [1.165, 1.54) is 23.1 Å². The van der Waals surface area contributed by atoms with Crippen molar-refractivity contribution < 1.29 is 27.5 Å². The Hall–Kier alpha value is -2.13. The average molecular weight is 456 g/mol. The van der Waals surface area contributed by atoms with Gasteiger partial charge in [-0.1, -0.05) is 25.0 Å². The third-order valence-corrected chi connectivity index (χ3v) is 6.40. The Bertz CT molecular complexity index is 773. The number of rotatable bonds is 8. The van der Waals surface area contributed by atoms with Gasteiger partial charge in [-0.3, -0.25) is 14.5 Å². The van der Waals surface area contributed by atoms with Crippen molar-refractivity contribution >= 4 is 11.8 Å². The first-order valence-electron chi connectivity index (χ1n) is 11.3. The van der Waals surface area contributed by atoms with E-state index < -0.39 is 17.6 Å². The Labute approximate surface area is 187 Å². The van der Waals surface area contributed by atoms with Crippen molar-refractivity contribution in [2.45, 2.75) is 44.3 Å². The normalized spacial score (nSPS) is 19.2. The zero-order valence-electron chi connectivity index (χ0n) is 18.5. The highest BCUT2D eigenvalue weighted by Gasteiger charge is 2.39. The summed E-state index contributed by atoms with van der Waals surface area (Å²) < 4.78 is 45.0. The van der Waals surface area contributed by atoms with Gasteiger partial charge in [0.2, 0.25) is 5.91 Å². The van der Waals surface area contributed by atoms with Gasteiger partial charge in [0.1, 0.15) is 0 Å². The molecule has 0 radical (unpaired) electrons. The van der Waals surface area contributed by atoms with Crippen LogP contribution in [0.15, 0.2) is 24.3 Å². The summed E-state index contributed by atoms with van der Waals surface area (Å²) in [7, 11) is 1.62. The highest BCUT2D eigenvalue weighted by atomic mass is 19.4. The second kappa shape index (κ2) is 11.1. The van der Waals surface area contributed by atoms with Crippen LogP contribution in [-0.2, 0) is 15.7 Å². The van der Waals surface area contributed by atoms with Gasteiger partial charge >= 0.3 is 6.18 Å². The van der Waals surface area contributed by atoms with Crippen molar-refractivity contribution in [2.75, 3.05) is 46.4 Å². The molecule has 1 atom stereocenters. The number of benzene rings is 1. The number of alkyl halides is 3. The average Bonchev–Trinajstić information content (AvgIpc) is 3.30. The minimum atomic E-state index is -4.58. The molecule has 6 nitrogen and oxygen atoms in total. The first-order valence-corrected chi connectivity index (χ1v) is 11.3. The van der Waals surface area contributed by atoms with Crippen molar-refractivity contribution in [3.05, 3.63) is 35.4 Å². The molecule has 1 heterocycles. The van der Waals surface area contributed by atoms with Gasteiger partial charge in [0.05, 0.1) is 17.2 Å². The van der Waals surface area contributed by atoms with Crippen LogP contribution < -0.4 is 5.32 Å². The highest BCUT2D eigenvalue weighted by molar-refractivity contribution is 5.96. The SMILES string of the molecule is COCCCNC(=O)C(C1CCCC1)N1CCN(C(=O)c2ccccc2C(F)(F)F)CC1. The number of carbonyl (C=O) groups excluding carboxylic acids is 2. The molecule has 1 N–H and O–H groups in total. The smallest absolute Gasteiger partial charge is 0.385 e. The molecule has 1 aromatic carbocycles. The van der Waals surface area contributed by atoms with Crippen LogP contribution in [0.4, 0.5) is 13.2 Å². The molecule has 1 aliphatic carbocycles. The highest BCUT2D eigenvalue weighted by Crippen LogP contribution is 2.33. The van der Waals surface area contributed by atoms with Crippen molar-refractivity contribution in [1.82, 2.24) is 15.1 Å². The number of nitrogens with one attached hydrogen (secondary N) is 1. The Balaban J connectivity index is 1.64. The van der Waals surface area contributed by atoms with Crippen molar-refractivity contribution in [2.24, 2.45) is 5.92 Å². The molecule has 9 heteroatoms. The van der Waals surface area contributed by atoms with Gasteiger partial charge in [-0.15, -0.1) is 0 Å². The lowest BCUT2D eigenvalue weighted by Crippen LogP contribution is -2.58. The Morgan fingerprint density at radius 2 is 1.78 bits per heavy atom. The van der Waals surface area contributed by atoms with Crippen molar-refractivity contribution in [3.8, 4) is 0 Å². The van der Waals surface area contributed by atoms with Gasteiger partial charge in [0.25, 0.3) is 5.91 Å². The van der Waals surface area contributed by atoms with Gasteiger partial charge in [0.15, 0.2) is 0 Å². The number of nitrogens with zero attached hydrogens (tertiary/aromatic N) is 2. The summed E-state index contributed by atoms with van der Waals surface area (Å²) in [6, 6.07) is 4.64. The summed E-state index contributed by atoms with van der Waals surface area (Å²) in [4.78, 5) is 29.4. The van der Waals surface area contributed by atoms with Gasteiger partial charge in [-0.25, -0.2) is 0 Å². The molecule has 2 aliphatic rings. The van der Waals surface area contributed by atoms with Crippen LogP contribution in [0.1, 0.15) is 48.0 Å². The van der Waals surface area contributed by atoms with Gasteiger partial charge in [-0.05, 0) is 37.3 Å².